The first kappa shape index (κ1) is 18.1. The van der Waals surface area contributed by atoms with Gasteiger partial charge in [0.1, 0.15) is 11.2 Å². The average molecular weight is 308 g/mol. The third kappa shape index (κ3) is 5.47. The van der Waals surface area contributed by atoms with Crippen LogP contribution < -0.4 is 10.6 Å². The lowest BCUT2D eigenvalue weighted by molar-refractivity contribution is -0.142. The Labute approximate surface area is 131 Å². The molecule has 0 radical (unpaired) electrons. The highest BCUT2D eigenvalue weighted by Crippen LogP contribution is 2.17. The SMILES string of the molecule is CC(C)(C)NC(=O)C(C)(C)C(=O)NCCc1ccc(F)cc1. The van der Waals surface area contributed by atoms with Crippen LogP contribution in [0.2, 0.25) is 0 Å². The zero-order valence-electron chi connectivity index (χ0n) is 13.9. The van der Waals surface area contributed by atoms with Crippen LogP contribution in [0.4, 0.5) is 4.39 Å². The number of carbonyl (C=O) groups is 2. The molecule has 1 aromatic carbocycles. The highest BCUT2D eigenvalue weighted by atomic mass is 19.1. The Kier molecular flexibility index (Phi) is 5.69. The monoisotopic (exact) mass is 308 g/mol. The number of nitrogens with one attached hydrogen (secondary N) is 2. The van der Waals surface area contributed by atoms with Gasteiger partial charge in [-0.1, -0.05) is 12.1 Å². The predicted molar refractivity (Wildman–Crippen MR) is 84.8 cm³/mol. The lowest BCUT2D eigenvalue weighted by Gasteiger charge is -2.28. The van der Waals surface area contributed by atoms with E-state index in [2.05, 4.69) is 10.6 Å². The molecule has 0 atom stereocenters. The summed E-state index contributed by atoms with van der Waals surface area (Å²) in [5, 5.41) is 5.57. The summed E-state index contributed by atoms with van der Waals surface area (Å²) in [6, 6.07) is 6.13. The van der Waals surface area contributed by atoms with Crippen molar-refractivity contribution >= 4 is 11.8 Å². The topological polar surface area (TPSA) is 58.2 Å². The molecular weight excluding hydrogens is 283 g/mol. The zero-order chi connectivity index (χ0) is 17.0. The number of hydrogen-bond acceptors (Lipinski definition) is 2. The molecule has 0 fully saturated rings. The van der Waals surface area contributed by atoms with Gasteiger partial charge in [-0.3, -0.25) is 9.59 Å². The molecular formula is C17H25FN2O2. The Morgan fingerprint density at radius 1 is 1.00 bits per heavy atom. The molecule has 0 spiro atoms. The van der Waals surface area contributed by atoms with E-state index in [1.54, 1.807) is 26.0 Å². The first-order valence-corrected chi connectivity index (χ1v) is 7.38. The number of amides is 2. The van der Waals surface area contributed by atoms with Crippen LogP contribution in [-0.2, 0) is 16.0 Å². The van der Waals surface area contributed by atoms with Gasteiger partial charge in [0.2, 0.25) is 11.8 Å². The Balaban J connectivity index is 2.52. The molecule has 122 valence electrons. The summed E-state index contributed by atoms with van der Waals surface area (Å²) in [5.41, 5.74) is -0.600. The van der Waals surface area contributed by atoms with Crippen LogP contribution >= 0.6 is 0 Å². The number of benzene rings is 1. The second-order valence-corrected chi connectivity index (χ2v) is 6.96. The molecule has 0 saturated heterocycles. The third-order valence-corrected chi connectivity index (χ3v) is 3.24. The maximum Gasteiger partial charge on any atom is 0.235 e. The number of hydrogen-bond donors (Lipinski definition) is 2. The van der Waals surface area contributed by atoms with Crippen molar-refractivity contribution in [1.29, 1.82) is 0 Å². The second-order valence-electron chi connectivity index (χ2n) is 6.96. The highest BCUT2D eigenvalue weighted by molar-refractivity contribution is 6.04. The maximum absolute atomic E-state index is 12.8. The van der Waals surface area contributed by atoms with E-state index in [1.807, 2.05) is 20.8 Å². The van der Waals surface area contributed by atoms with Crippen molar-refractivity contribution in [2.75, 3.05) is 6.54 Å². The molecule has 2 amide bonds. The normalized spacial score (nSPS) is 11.9. The van der Waals surface area contributed by atoms with Crippen molar-refractivity contribution in [3.63, 3.8) is 0 Å². The van der Waals surface area contributed by atoms with Crippen molar-refractivity contribution in [1.82, 2.24) is 10.6 Å². The molecule has 4 nitrogen and oxygen atoms in total. The molecule has 1 rings (SSSR count). The van der Waals surface area contributed by atoms with Crippen LogP contribution in [-0.4, -0.2) is 23.9 Å². The van der Waals surface area contributed by atoms with Crippen molar-refractivity contribution in [3.8, 4) is 0 Å². The van der Waals surface area contributed by atoms with Gasteiger partial charge in [0.05, 0.1) is 0 Å². The molecule has 22 heavy (non-hydrogen) atoms. The van der Waals surface area contributed by atoms with Gasteiger partial charge in [-0.25, -0.2) is 4.39 Å². The molecule has 0 unspecified atom stereocenters. The van der Waals surface area contributed by atoms with E-state index in [9.17, 15) is 14.0 Å². The summed E-state index contributed by atoms with van der Waals surface area (Å²) < 4.78 is 12.8. The summed E-state index contributed by atoms with van der Waals surface area (Å²) in [7, 11) is 0. The fourth-order valence-electron chi connectivity index (χ4n) is 1.79. The van der Waals surface area contributed by atoms with E-state index in [0.717, 1.165) is 5.56 Å². The molecule has 0 aromatic heterocycles. The standard InChI is InChI=1S/C17H25FN2O2/c1-16(2,3)20-15(22)17(4,5)14(21)19-11-10-12-6-8-13(18)9-7-12/h6-9H,10-11H2,1-5H3,(H,19,21)(H,20,22). The van der Waals surface area contributed by atoms with Crippen molar-refractivity contribution < 1.29 is 14.0 Å². The first-order valence-electron chi connectivity index (χ1n) is 7.38. The minimum Gasteiger partial charge on any atom is -0.355 e. The summed E-state index contributed by atoms with van der Waals surface area (Å²) in [6.07, 6.45) is 0.586. The molecule has 1 aromatic rings. The Morgan fingerprint density at radius 3 is 2.05 bits per heavy atom. The van der Waals surface area contributed by atoms with Gasteiger partial charge < -0.3 is 10.6 Å². The van der Waals surface area contributed by atoms with Crippen LogP contribution in [0.15, 0.2) is 24.3 Å². The average Bonchev–Trinajstić information content (AvgIpc) is 2.38. The van der Waals surface area contributed by atoms with Gasteiger partial charge in [-0.2, -0.15) is 0 Å². The third-order valence-electron chi connectivity index (χ3n) is 3.24. The Bertz CT molecular complexity index is 531. The van der Waals surface area contributed by atoms with E-state index in [0.29, 0.717) is 13.0 Å². The summed E-state index contributed by atoms with van der Waals surface area (Å²) in [6.45, 7) is 9.20. The van der Waals surface area contributed by atoms with Crippen molar-refractivity contribution in [2.45, 2.75) is 46.6 Å². The Morgan fingerprint density at radius 2 is 1.55 bits per heavy atom. The molecule has 5 heteroatoms. The Hall–Kier alpha value is -1.91. The number of carbonyl (C=O) groups excluding carboxylic acids is 2. The number of halogens is 1. The minimum atomic E-state index is -1.14. The van der Waals surface area contributed by atoms with E-state index in [4.69, 9.17) is 0 Å². The van der Waals surface area contributed by atoms with E-state index >= 15 is 0 Å². The van der Waals surface area contributed by atoms with E-state index in [1.165, 1.54) is 12.1 Å². The largest absolute Gasteiger partial charge is 0.355 e. The zero-order valence-corrected chi connectivity index (χ0v) is 13.9. The summed E-state index contributed by atoms with van der Waals surface area (Å²) in [5.74, 6) is -0.914. The smallest absolute Gasteiger partial charge is 0.235 e. The van der Waals surface area contributed by atoms with Crippen LogP contribution in [0.25, 0.3) is 0 Å². The van der Waals surface area contributed by atoms with Crippen LogP contribution in [0.3, 0.4) is 0 Å². The van der Waals surface area contributed by atoms with Gasteiger partial charge in [-0.05, 0) is 58.7 Å². The van der Waals surface area contributed by atoms with Gasteiger partial charge in [0.15, 0.2) is 0 Å². The molecule has 0 heterocycles. The minimum absolute atomic E-state index is 0.284. The summed E-state index contributed by atoms with van der Waals surface area (Å²) in [4.78, 5) is 24.4. The maximum atomic E-state index is 12.8. The van der Waals surface area contributed by atoms with Gasteiger partial charge in [-0.15, -0.1) is 0 Å². The fraction of sp³-hybridized carbons (Fsp3) is 0.529. The molecule has 2 N–H and O–H groups in total. The highest BCUT2D eigenvalue weighted by Gasteiger charge is 2.37. The van der Waals surface area contributed by atoms with Gasteiger partial charge in [0.25, 0.3) is 0 Å². The molecule has 0 bridgehead atoms. The van der Waals surface area contributed by atoms with Crippen LogP contribution in [0.5, 0.6) is 0 Å². The fourth-order valence-corrected chi connectivity index (χ4v) is 1.79. The second kappa shape index (κ2) is 6.90. The molecule has 0 aliphatic heterocycles. The molecule has 0 aliphatic carbocycles. The van der Waals surface area contributed by atoms with Gasteiger partial charge >= 0.3 is 0 Å². The lowest BCUT2D eigenvalue weighted by Crippen LogP contribution is -2.53. The number of rotatable bonds is 5. The predicted octanol–water partition coefficient (Wildman–Crippen LogP) is 2.43. The molecule has 0 saturated carbocycles. The van der Waals surface area contributed by atoms with Gasteiger partial charge in [0, 0.05) is 12.1 Å². The van der Waals surface area contributed by atoms with Crippen molar-refractivity contribution in [3.05, 3.63) is 35.6 Å². The summed E-state index contributed by atoms with van der Waals surface area (Å²) >= 11 is 0. The molecule has 0 aliphatic rings. The van der Waals surface area contributed by atoms with E-state index < -0.39 is 5.41 Å². The van der Waals surface area contributed by atoms with E-state index in [-0.39, 0.29) is 23.2 Å². The van der Waals surface area contributed by atoms with Crippen LogP contribution in [0, 0.1) is 11.2 Å². The lowest BCUT2D eigenvalue weighted by atomic mass is 9.89. The van der Waals surface area contributed by atoms with Crippen molar-refractivity contribution in [2.24, 2.45) is 5.41 Å². The first-order chi connectivity index (χ1) is 10.0. The van der Waals surface area contributed by atoms with Crippen LogP contribution in [0.1, 0.15) is 40.2 Å². The quantitative estimate of drug-likeness (QED) is 0.821.